The van der Waals surface area contributed by atoms with Crippen LogP contribution in [0.2, 0.25) is 0 Å². The number of hydrogen-bond donors (Lipinski definition) is 2. The third-order valence-electron chi connectivity index (χ3n) is 5.43. The highest BCUT2D eigenvalue weighted by atomic mass is 19.1. The molecule has 1 aliphatic rings. The molecular weight excluding hydrogens is 432 g/mol. The summed E-state index contributed by atoms with van der Waals surface area (Å²) in [5, 5.41) is 20.9. The largest absolute Gasteiger partial charge is 0.508 e. The Morgan fingerprint density at radius 2 is 1.70 bits per heavy atom. The Labute approximate surface area is 188 Å². The lowest BCUT2D eigenvalue weighted by Crippen LogP contribution is -2.30. The number of phenols is 1. The zero-order valence-corrected chi connectivity index (χ0v) is 17.7. The molecule has 1 fully saturated rings. The fourth-order valence-electron chi connectivity index (χ4n) is 3.88. The van der Waals surface area contributed by atoms with E-state index in [-0.39, 0.29) is 28.3 Å². The maximum absolute atomic E-state index is 14.7. The molecule has 0 bridgehead atoms. The van der Waals surface area contributed by atoms with Crippen LogP contribution in [-0.4, -0.2) is 29.0 Å². The first kappa shape index (κ1) is 22.0. The van der Waals surface area contributed by atoms with Crippen molar-refractivity contribution in [3.05, 3.63) is 94.6 Å². The van der Waals surface area contributed by atoms with E-state index in [9.17, 15) is 28.6 Å². The Morgan fingerprint density at radius 1 is 1.00 bits per heavy atom. The van der Waals surface area contributed by atoms with Gasteiger partial charge in [-0.3, -0.25) is 14.5 Å². The van der Waals surface area contributed by atoms with Gasteiger partial charge in [0.2, 0.25) is 0 Å². The second-order valence-electron chi connectivity index (χ2n) is 7.56. The maximum Gasteiger partial charge on any atom is 0.300 e. The van der Waals surface area contributed by atoms with E-state index in [1.807, 2.05) is 0 Å². The van der Waals surface area contributed by atoms with Crippen molar-refractivity contribution in [1.29, 1.82) is 0 Å². The number of rotatable bonds is 4. The minimum Gasteiger partial charge on any atom is -0.508 e. The van der Waals surface area contributed by atoms with E-state index in [1.165, 1.54) is 31.4 Å². The number of nitrogens with zero attached hydrogens (tertiary/aromatic N) is 1. The molecule has 1 unspecified atom stereocenters. The highest BCUT2D eigenvalue weighted by Crippen LogP contribution is 2.44. The van der Waals surface area contributed by atoms with Gasteiger partial charge in [0.25, 0.3) is 11.7 Å². The summed E-state index contributed by atoms with van der Waals surface area (Å²) in [6.45, 7) is 1.78. The van der Waals surface area contributed by atoms with Crippen molar-refractivity contribution in [2.45, 2.75) is 13.0 Å². The average molecular weight is 451 g/mol. The number of phenolic OH excluding ortho intramolecular Hbond substituents is 1. The number of aliphatic hydroxyl groups excluding tert-OH is 1. The molecule has 0 spiro atoms. The predicted molar refractivity (Wildman–Crippen MR) is 117 cm³/mol. The van der Waals surface area contributed by atoms with Gasteiger partial charge in [-0.15, -0.1) is 0 Å². The SMILES string of the molecule is COc1ccc(C)cc1/C(O)=C1\C(=O)C(=O)N(c2ccc(F)cc2F)C1c1ccc(O)cc1. The smallest absolute Gasteiger partial charge is 0.300 e. The second kappa shape index (κ2) is 8.38. The molecule has 6 nitrogen and oxygen atoms in total. The molecule has 33 heavy (non-hydrogen) atoms. The van der Waals surface area contributed by atoms with Crippen molar-refractivity contribution >= 4 is 23.1 Å². The number of carbonyl (C=O) groups is 2. The summed E-state index contributed by atoms with van der Waals surface area (Å²) in [6.07, 6.45) is 0. The summed E-state index contributed by atoms with van der Waals surface area (Å²) in [5.74, 6) is -4.33. The molecule has 3 aromatic rings. The van der Waals surface area contributed by atoms with Gasteiger partial charge < -0.3 is 14.9 Å². The van der Waals surface area contributed by atoms with Crippen molar-refractivity contribution in [1.82, 2.24) is 0 Å². The van der Waals surface area contributed by atoms with Crippen molar-refractivity contribution in [2.75, 3.05) is 12.0 Å². The van der Waals surface area contributed by atoms with Gasteiger partial charge in [0.1, 0.15) is 28.9 Å². The van der Waals surface area contributed by atoms with Crippen LogP contribution in [0.3, 0.4) is 0 Å². The lowest BCUT2D eigenvalue weighted by molar-refractivity contribution is -0.132. The molecule has 2 N–H and O–H groups in total. The highest BCUT2D eigenvalue weighted by Gasteiger charge is 2.48. The van der Waals surface area contributed by atoms with Crippen LogP contribution < -0.4 is 9.64 Å². The number of ether oxygens (including phenoxy) is 1. The molecule has 1 saturated heterocycles. The van der Waals surface area contributed by atoms with E-state index in [0.717, 1.165) is 22.6 Å². The monoisotopic (exact) mass is 451 g/mol. The molecule has 4 rings (SSSR count). The van der Waals surface area contributed by atoms with Crippen LogP contribution in [0, 0.1) is 18.6 Å². The van der Waals surface area contributed by atoms with Crippen LogP contribution in [0.5, 0.6) is 11.5 Å². The number of carbonyl (C=O) groups excluding carboxylic acids is 2. The van der Waals surface area contributed by atoms with Crippen molar-refractivity contribution < 1.29 is 33.3 Å². The number of ketones is 1. The minimum atomic E-state index is -1.24. The molecule has 168 valence electrons. The first-order valence-electron chi connectivity index (χ1n) is 9.93. The van der Waals surface area contributed by atoms with Gasteiger partial charge in [0, 0.05) is 6.07 Å². The lowest BCUT2D eigenvalue weighted by atomic mass is 9.94. The Kier molecular flexibility index (Phi) is 5.59. The predicted octanol–water partition coefficient (Wildman–Crippen LogP) is 4.61. The molecule has 1 aliphatic heterocycles. The van der Waals surface area contributed by atoms with Crippen LogP contribution in [0.25, 0.3) is 5.76 Å². The van der Waals surface area contributed by atoms with E-state index in [2.05, 4.69) is 0 Å². The first-order chi connectivity index (χ1) is 15.7. The number of benzene rings is 3. The highest BCUT2D eigenvalue weighted by molar-refractivity contribution is 6.51. The van der Waals surface area contributed by atoms with E-state index >= 15 is 0 Å². The van der Waals surface area contributed by atoms with Crippen LogP contribution in [0.1, 0.15) is 22.7 Å². The molecule has 1 heterocycles. The molecule has 0 aliphatic carbocycles. The van der Waals surface area contributed by atoms with Gasteiger partial charge in [-0.2, -0.15) is 0 Å². The van der Waals surface area contributed by atoms with Crippen LogP contribution in [-0.2, 0) is 9.59 Å². The van der Waals surface area contributed by atoms with E-state index < -0.39 is 35.1 Å². The third kappa shape index (κ3) is 3.80. The maximum atomic E-state index is 14.7. The van der Waals surface area contributed by atoms with Crippen LogP contribution in [0.15, 0.2) is 66.2 Å². The summed E-state index contributed by atoms with van der Waals surface area (Å²) in [5.41, 5.74) is 0.644. The third-order valence-corrected chi connectivity index (χ3v) is 5.43. The zero-order valence-electron chi connectivity index (χ0n) is 17.7. The number of aromatic hydroxyl groups is 1. The number of anilines is 1. The molecule has 1 amide bonds. The van der Waals surface area contributed by atoms with Crippen molar-refractivity contribution in [3.63, 3.8) is 0 Å². The number of halogens is 2. The lowest BCUT2D eigenvalue weighted by Gasteiger charge is -2.26. The molecule has 3 aromatic carbocycles. The summed E-state index contributed by atoms with van der Waals surface area (Å²) in [7, 11) is 1.39. The summed E-state index contributed by atoms with van der Waals surface area (Å²) >= 11 is 0. The topological polar surface area (TPSA) is 87.1 Å². The summed E-state index contributed by atoms with van der Waals surface area (Å²) < 4.78 is 33.5. The van der Waals surface area contributed by atoms with Gasteiger partial charge in [0.05, 0.1) is 30.0 Å². The number of amides is 1. The first-order valence-corrected chi connectivity index (χ1v) is 9.93. The van der Waals surface area contributed by atoms with E-state index in [4.69, 9.17) is 4.74 Å². The Balaban J connectivity index is 2.00. The van der Waals surface area contributed by atoms with Gasteiger partial charge >= 0.3 is 0 Å². The fourth-order valence-corrected chi connectivity index (χ4v) is 3.88. The van der Waals surface area contributed by atoms with E-state index in [1.54, 1.807) is 25.1 Å². The Morgan fingerprint density at radius 3 is 2.33 bits per heavy atom. The number of aryl methyl sites for hydroxylation is 1. The average Bonchev–Trinajstić information content (AvgIpc) is 3.04. The number of methoxy groups -OCH3 is 1. The van der Waals surface area contributed by atoms with Crippen molar-refractivity contribution in [3.8, 4) is 11.5 Å². The minimum absolute atomic E-state index is 0.0657. The fraction of sp³-hybridized carbons (Fsp3) is 0.120. The Bertz CT molecular complexity index is 1300. The molecule has 0 saturated carbocycles. The molecule has 1 atom stereocenters. The van der Waals surface area contributed by atoms with Crippen molar-refractivity contribution in [2.24, 2.45) is 0 Å². The molecular formula is C25H19F2NO5. The number of Topliss-reactive ketones (excluding diaryl/α,β-unsaturated/α-hetero) is 1. The number of aliphatic hydroxyl groups is 1. The van der Waals surface area contributed by atoms with Gasteiger partial charge in [-0.05, 0) is 48.9 Å². The standard InChI is InChI=1S/C25H19F2NO5/c1-13-3-10-20(33-2)17(11-13)23(30)21-22(14-4-7-16(29)8-5-14)28(25(32)24(21)31)19-9-6-15(26)12-18(19)27/h3-12,22,29-30H,1-2H3/b23-21+. The molecule has 8 heteroatoms. The number of hydrogen-bond acceptors (Lipinski definition) is 5. The quantitative estimate of drug-likeness (QED) is 0.344. The normalized spacial score (nSPS) is 17.5. The summed E-state index contributed by atoms with van der Waals surface area (Å²) in [4.78, 5) is 27.0. The molecule has 0 radical (unpaired) electrons. The zero-order chi connectivity index (χ0) is 23.9. The van der Waals surface area contributed by atoms with Gasteiger partial charge in [-0.25, -0.2) is 8.78 Å². The van der Waals surface area contributed by atoms with Gasteiger partial charge in [0.15, 0.2) is 0 Å². The second-order valence-corrected chi connectivity index (χ2v) is 7.56. The summed E-state index contributed by atoms with van der Waals surface area (Å²) in [6, 6.07) is 11.9. The molecule has 0 aromatic heterocycles. The van der Waals surface area contributed by atoms with E-state index in [0.29, 0.717) is 11.6 Å². The Hall–Kier alpha value is -4.20. The van der Waals surface area contributed by atoms with Crippen LogP contribution in [0.4, 0.5) is 14.5 Å². The van der Waals surface area contributed by atoms with Gasteiger partial charge in [-0.1, -0.05) is 23.8 Å². The van der Waals surface area contributed by atoms with Crippen LogP contribution >= 0.6 is 0 Å².